The molecule has 0 saturated heterocycles. The molecule has 26 heavy (non-hydrogen) atoms. The van der Waals surface area contributed by atoms with E-state index in [1.807, 2.05) is 49.1 Å². The molecule has 1 saturated carbocycles. The Hall–Kier alpha value is -2.59. The summed E-state index contributed by atoms with van der Waals surface area (Å²) in [5, 5.41) is 10.7. The number of aromatic nitrogens is 4. The summed E-state index contributed by atoms with van der Waals surface area (Å²) < 4.78 is 3.56. The van der Waals surface area contributed by atoms with E-state index in [1.54, 1.807) is 10.9 Å². The number of hydrogen-bond donors (Lipinski definition) is 0. The van der Waals surface area contributed by atoms with E-state index in [0.717, 1.165) is 24.1 Å². The molecule has 0 unspecified atom stereocenters. The number of benzene rings is 1. The molecule has 7 heteroatoms. The summed E-state index contributed by atoms with van der Waals surface area (Å²) >= 11 is 1.44. The molecule has 0 aliphatic heterocycles. The van der Waals surface area contributed by atoms with Crippen molar-refractivity contribution in [1.82, 2.24) is 19.3 Å². The largest absolute Gasteiger partial charge is 0.278 e. The standard InChI is InChI=1S/C19H19N5OS/c1-12(2)23-17(25)15-10-21-18(26-3)22-16(15)24(23)14-6-4-5-13(9-14)19(11-20)7-8-19/h4-6,9-10,12H,7-8H2,1-3H3. The Morgan fingerprint density at radius 3 is 2.73 bits per heavy atom. The Labute approximate surface area is 155 Å². The van der Waals surface area contributed by atoms with Crippen LogP contribution in [0, 0.1) is 11.3 Å². The maximum absolute atomic E-state index is 12.9. The molecule has 1 fully saturated rings. The Kier molecular flexibility index (Phi) is 3.88. The number of hydrogen-bond acceptors (Lipinski definition) is 5. The highest BCUT2D eigenvalue weighted by Crippen LogP contribution is 2.47. The molecule has 1 aliphatic carbocycles. The van der Waals surface area contributed by atoms with Crippen LogP contribution in [0.4, 0.5) is 0 Å². The number of nitrogens with zero attached hydrogens (tertiary/aromatic N) is 5. The Balaban J connectivity index is 2.02. The average Bonchev–Trinajstić information content (AvgIpc) is 3.40. The number of fused-ring (bicyclic) bond motifs is 1. The van der Waals surface area contributed by atoms with Crippen molar-refractivity contribution in [3.05, 3.63) is 46.4 Å². The highest BCUT2D eigenvalue weighted by atomic mass is 32.2. The van der Waals surface area contributed by atoms with E-state index >= 15 is 0 Å². The van der Waals surface area contributed by atoms with E-state index in [4.69, 9.17) is 0 Å². The average molecular weight is 365 g/mol. The first-order chi connectivity index (χ1) is 12.5. The summed E-state index contributed by atoms with van der Waals surface area (Å²) in [5.41, 5.74) is 1.97. The molecule has 0 radical (unpaired) electrons. The molecule has 1 aromatic carbocycles. The van der Waals surface area contributed by atoms with E-state index < -0.39 is 0 Å². The van der Waals surface area contributed by atoms with Crippen molar-refractivity contribution in [2.45, 2.75) is 43.3 Å². The molecule has 2 aromatic heterocycles. The van der Waals surface area contributed by atoms with Gasteiger partial charge in [-0.15, -0.1) is 0 Å². The summed E-state index contributed by atoms with van der Waals surface area (Å²) in [6.07, 6.45) is 5.28. The molecular formula is C19H19N5OS. The second kappa shape index (κ2) is 5.99. The topological polar surface area (TPSA) is 76.5 Å². The number of rotatable bonds is 4. The molecule has 6 nitrogen and oxygen atoms in total. The van der Waals surface area contributed by atoms with Gasteiger partial charge in [0.25, 0.3) is 5.56 Å². The van der Waals surface area contributed by atoms with Gasteiger partial charge < -0.3 is 0 Å². The monoisotopic (exact) mass is 365 g/mol. The second-order valence-electron chi connectivity index (χ2n) is 6.89. The minimum absolute atomic E-state index is 0.0380. The molecule has 0 bridgehead atoms. The first kappa shape index (κ1) is 16.9. The van der Waals surface area contributed by atoms with Crippen LogP contribution < -0.4 is 5.56 Å². The molecule has 0 amide bonds. The second-order valence-corrected chi connectivity index (χ2v) is 7.67. The van der Waals surface area contributed by atoms with Crippen LogP contribution in [0.5, 0.6) is 0 Å². The first-order valence-corrected chi connectivity index (χ1v) is 9.79. The third-order valence-corrected chi connectivity index (χ3v) is 5.44. The van der Waals surface area contributed by atoms with Gasteiger partial charge in [0.1, 0.15) is 5.39 Å². The molecule has 2 heterocycles. The van der Waals surface area contributed by atoms with Gasteiger partial charge >= 0.3 is 0 Å². The van der Waals surface area contributed by atoms with Crippen LogP contribution in [0.2, 0.25) is 0 Å². The number of nitriles is 1. The summed E-state index contributed by atoms with van der Waals surface area (Å²) in [6, 6.07) is 10.3. The predicted octanol–water partition coefficient (Wildman–Crippen LogP) is 3.44. The highest BCUT2D eigenvalue weighted by molar-refractivity contribution is 7.98. The molecule has 132 valence electrons. The van der Waals surface area contributed by atoms with Crippen LogP contribution in [0.1, 0.15) is 38.3 Å². The van der Waals surface area contributed by atoms with Crippen LogP contribution in [-0.2, 0) is 5.41 Å². The summed E-state index contributed by atoms with van der Waals surface area (Å²) in [6.45, 7) is 3.95. The van der Waals surface area contributed by atoms with Gasteiger partial charge in [0.15, 0.2) is 10.8 Å². The lowest BCUT2D eigenvalue weighted by molar-refractivity contribution is 0.475. The van der Waals surface area contributed by atoms with Gasteiger partial charge in [0.05, 0.1) is 17.2 Å². The fourth-order valence-corrected chi connectivity index (χ4v) is 3.66. The predicted molar refractivity (Wildman–Crippen MR) is 102 cm³/mol. The maximum Gasteiger partial charge on any atom is 0.278 e. The molecule has 0 N–H and O–H groups in total. The van der Waals surface area contributed by atoms with Gasteiger partial charge in [-0.3, -0.25) is 4.79 Å². The van der Waals surface area contributed by atoms with E-state index in [2.05, 4.69) is 16.0 Å². The van der Waals surface area contributed by atoms with Crippen LogP contribution in [0.25, 0.3) is 16.7 Å². The van der Waals surface area contributed by atoms with E-state index in [9.17, 15) is 10.1 Å². The highest BCUT2D eigenvalue weighted by Gasteiger charge is 2.45. The Bertz CT molecular complexity index is 1100. The maximum atomic E-state index is 12.9. The van der Waals surface area contributed by atoms with Crippen molar-refractivity contribution in [2.24, 2.45) is 0 Å². The van der Waals surface area contributed by atoms with Crippen molar-refractivity contribution in [2.75, 3.05) is 6.26 Å². The fourth-order valence-electron chi connectivity index (χ4n) is 3.32. The van der Waals surface area contributed by atoms with Gasteiger partial charge in [-0.1, -0.05) is 23.9 Å². The molecule has 0 atom stereocenters. The van der Waals surface area contributed by atoms with E-state index in [0.29, 0.717) is 16.2 Å². The quantitative estimate of drug-likeness (QED) is 0.523. The van der Waals surface area contributed by atoms with Gasteiger partial charge in [0, 0.05) is 12.2 Å². The van der Waals surface area contributed by atoms with Gasteiger partial charge in [0.2, 0.25) is 0 Å². The van der Waals surface area contributed by atoms with Crippen molar-refractivity contribution >= 4 is 22.8 Å². The van der Waals surface area contributed by atoms with Gasteiger partial charge in [-0.05, 0) is 50.6 Å². The normalized spacial score (nSPS) is 15.3. The fraction of sp³-hybridized carbons (Fsp3) is 0.368. The van der Waals surface area contributed by atoms with Crippen molar-refractivity contribution in [1.29, 1.82) is 5.26 Å². The minimum Gasteiger partial charge on any atom is -0.267 e. The zero-order valence-corrected chi connectivity index (χ0v) is 15.7. The SMILES string of the molecule is CSc1ncc2c(=O)n(C(C)C)n(-c3cccc(C4(C#N)CC4)c3)c2n1. The van der Waals surface area contributed by atoms with Crippen LogP contribution in [0.3, 0.4) is 0 Å². The molecular weight excluding hydrogens is 346 g/mol. The van der Waals surface area contributed by atoms with E-state index in [1.165, 1.54) is 11.8 Å². The van der Waals surface area contributed by atoms with Crippen LogP contribution >= 0.6 is 11.8 Å². The Morgan fingerprint density at radius 2 is 2.12 bits per heavy atom. The number of thioether (sulfide) groups is 1. The smallest absolute Gasteiger partial charge is 0.267 e. The lowest BCUT2D eigenvalue weighted by Gasteiger charge is -2.17. The summed E-state index contributed by atoms with van der Waals surface area (Å²) in [7, 11) is 0. The summed E-state index contributed by atoms with van der Waals surface area (Å²) in [5.74, 6) is 0. The molecule has 4 rings (SSSR count). The molecule has 0 spiro atoms. The zero-order valence-electron chi connectivity index (χ0n) is 14.9. The van der Waals surface area contributed by atoms with Gasteiger partial charge in [-0.25, -0.2) is 19.3 Å². The Morgan fingerprint density at radius 1 is 1.35 bits per heavy atom. The lowest BCUT2D eigenvalue weighted by atomic mass is 9.97. The molecule has 1 aliphatic rings. The van der Waals surface area contributed by atoms with E-state index in [-0.39, 0.29) is 17.0 Å². The third kappa shape index (κ3) is 2.44. The molecule has 3 aromatic rings. The van der Waals surface area contributed by atoms with Gasteiger partial charge in [-0.2, -0.15) is 5.26 Å². The first-order valence-electron chi connectivity index (χ1n) is 8.57. The van der Waals surface area contributed by atoms with Crippen molar-refractivity contribution < 1.29 is 0 Å². The van der Waals surface area contributed by atoms with Crippen LogP contribution in [-0.4, -0.2) is 25.6 Å². The third-order valence-electron chi connectivity index (χ3n) is 4.88. The summed E-state index contributed by atoms with van der Waals surface area (Å²) in [4.78, 5) is 21.8. The minimum atomic E-state index is -0.374. The zero-order chi connectivity index (χ0) is 18.5. The van der Waals surface area contributed by atoms with Crippen molar-refractivity contribution in [3.8, 4) is 11.8 Å². The van der Waals surface area contributed by atoms with Crippen LogP contribution in [0.15, 0.2) is 40.4 Å². The lowest BCUT2D eigenvalue weighted by Crippen LogP contribution is -2.24. The van der Waals surface area contributed by atoms with Crippen molar-refractivity contribution in [3.63, 3.8) is 0 Å².